The predicted octanol–water partition coefficient (Wildman–Crippen LogP) is 1.95. The average Bonchev–Trinajstić information content (AvgIpc) is 3.34. The van der Waals surface area contributed by atoms with Gasteiger partial charge >= 0.3 is 0 Å². The normalized spacial score (nSPS) is 19.8. The molecule has 9 heteroatoms. The Morgan fingerprint density at radius 2 is 1.85 bits per heavy atom. The summed E-state index contributed by atoms with van der Waals surface area (Å²) in [5.74, 6) is 0.728. The minimum Gasteiger partial charge on any atom is -0.341 e. The van der Waals surface area contributed by atoms with Crippen molar-refractivity contribution in [1.29, 1.82) is 0 Å². The topological polar surface area (TPSA) is 68.0 Å². The molecule has 0 unspecified atom stereocenters. The standard InChI is InChI=1S/C18H26N6O.2ClH/c1-22-16(3-9-20-22)15-4-13-23(14-5-15)17(25)18(6-10-19-11-7-18)24-12-2-8-21-24;;/h2-3,8-9,12,15,19H,4-7,10-11,13-14H2,1H3;2*1H. The molecule has 0 atom stereocenters. The van der Waals surface area contributed by atoms with Crippen LogP contribution in [-0.2, 0) is 17.4 Å². The fraction of sp³-hybridized carbons (Fsp3) is 0.611. The zero-order chi connectivity index (χ0) is 17.3. The average molecular weight is 415 g/mol. The third-order valence-electron chi connectivity index (χ3n) is 5.83. The molecule has 1 amide bonds. The molecule has 0 aromatic carbocycles. The zero-order valence-corrected chi connectivity index (χ0v) is 17.2. The number of nitrogens with zero attached hydrogens (tertiary/aromatic N) is 5. The van der Waals surface area contributed by atoms with E-state index in [0.717, 1.165) is 51.9 Å². The van der Waals surface area contributed by atoms with Crippen molar-refractivity contribution < 1.29 is 4.79 Å². The van der Waals surface area contributed by atoms with Gasteiger partial charge in [-0.3, -0.25) is 14.2 Å². The Bertz CT molecular complexity index is 718. The van der Waals surface area contributed by atoms with Crippen LogP contribution in [0.2, 0.25) is 0 Å². The number of likely N-dealkylation sites (tertiary alicyclic amines) is 1. The number of amides is 1. The molecule has 0 saturated carbocycles. The van der Waals surface area contributed by atoms with Gasteiger partial charge in [0.25, 0.3) is 5.91 Å². The Labute approximate surface area is 172 Å². The van der Waals surface area contributed by atoms with Crippen LogP contribution in [0.25, 0.3) is 0 Å². The van der Waals surface area contributed by atoms with Crippen LogP contribution in [0, 0.1) is 0 Å². The second-order valence-electron chi connectivity index (χ2n) is 7.18. The SMILES string of the molecule is Cl.Cl.Cn1nccc1C1CCN(C(=O)C2(n3cccn3)CCNCC2)CC1. The first-order valence-corrected chi connectivity index (χ1v) is 9.19. The van der Waals surface area contributed by atoms with E-state index in [9.17, 15) is 4.79 Å². The maximum Gasteiger partial charge on any atom is 0.250 e. The lowest BCUT2D eigenvalue weighted by Gasteiger charge is -2.42. The molecule has 1 N–H and O–H groups in total. The van der Waals surface area contributed by atoms with E-state index in [-0.39, 0.29) is 30.7 Å². The number of aromatic nitrogens is 4. The molecule has 7 nitrogen and oxygen atoms in total. The lowest BCUT2D eigenvalue weighted by atomic mass is 9.85. The fourth-order valence-electron chi connectivity index (χ4n) is 4.36. The molecule has 27 heavy (non-hydrogen) atoms. The van der Waals surface area contributed by atoms with Gasteiger partial charge in [-0.2, -0.15) is 10.2 Å². The predicted molar refractivity (Wildman–Crippen MR) is 109 cm³/mol. The maximum absolute atomic E-state index is 13.5. The van der Waals surface area contributed by atoms with Crippen LogP contribution in [0.3, 0.4) is 0 Å². The molecule has 4 heterocycles. The molecule has 150 valence electrons. The number of carbonyl (C=O) groups excluding carboxylic acids is 1. The van der Waals surface area contributed by atoms with Crippen LogP contribution in [-0.4, -0.2) is 56.5 Å². The third kappa shape index (κ3) is 4.00. The summed E-state index contributed by atoms with van der Waals surface area (Å²) in [6, 6.07) is 4.01. The van der Waals surface area contributed by atoms with E-state index in [1.54, 1.807) is 6.20 Å². The molecule has 0 spiro atoms. The van der Waals surface area contributed by atoms with Crippen molar-refractivity contribution in [3.05, 3.63) is 36.4 Å². The van der Waals surface area contributed by atoms with Crippen molar-refractivity contribution in [3.8, 4) is 0 Å². The molecule has 2 aliphatic rings. The number of carbonyl (C=O) groups is 1. The van der Waals surface area contributed by atoms with Gasteiger partial charge in [0.15, 0.2) is 0 Å². The lowest BCUT2D eigenvalue weighted by Crippen LogP contribution is -2.56. The van der Waals surface area contributed by atoms with E-state index in [4.69, 9.17) is 0 Å². The monoisotopic (exact) mass is 414 g/mol. The van der Waals surface area contributed by atoms with Crippen molar-refractivity contribution in [3.63, 3.8) is 0 Å². The summed E-state index contributed by atoms with van der Waals surface area (Å²) in [6.45, 7) is 3.34. The van der Waals surface area contributed by atoms with Crippen LogP contribution >= 0.6 is 24.8 Å². The van der Waals surface area contributed by atoms with E-state index < -0.39 is 5.54 Å². The van der Waals surface area contributed by atoms with Gasteiger partial charge < -0.3 is 10.2 Å². The van der Waals surface area contributed by atoms with Crippen LogP contribution < -0.4 is 5.32 Å². The van der Waals surface area contributed by atoms with Crippen molar-refractivity contribution in [2.75, 3.05) is 26.2 Å². The largest absolute Gasteiger partial charge is 0.341 e. The summed E-state index contributed by atoms with van der Waals surface area (Å²) in [5.41, 5.74) is 0.754. The Morgan fingerprint density at radius 1 is 1.15 bits per heavy atom. The number of halogens is 2. The van der Waals surface area contributed by atoms with E-state index in [1.165, 1.54) is 5.69 Å². The Hall–Kier alpha value is -1.57. The zero-order valence-electron chi connectivity index (χ0n) is 15.6. The lowest BCUT2D eigenvalue weighted by molar-refractivity contribution is -0.144. The van der Waals surface area contributed by atoms with Crippen LogP contribution in [0.15, 0.2) is 30.7 Å². The van der Waals surface area contributed by atoms with Crippen molar-refractivity contribution in [1.82, 2.24) is 29.8 Å². The summed E-state index contributed by atoms with van der Waals surface area (Å²) >= 11 is 0. The van der Waals surface area contributed by atoms with E-state index in [2.05, 4.69) is 26.5 Å². The highest BCUT2D eigenvalue weighted by molar-refractivity contribution is 5.86. The second kappa shape index (κ2) is 9.08. The quantitative estimate of drug-likeness (QED) is 0.832. The summed E-state index contributed by atoms with van der Waals surface area (Å²) in [5, 5.41) is 12.1. The van der Waals surface area contributed by atoms with Crippen LogP contribution in [0.4, 0.5) is 0 Å². The van der Waals surface area contributed by atoms with Gasteiger partial charge in [-0.1, -0.05) is 0 Å². The Kier molecular flexibility index (Phi) is 7.31. The molecular formula is C18H28Cl2N6O. The Balaban J connectivity index is 0.00000131. The fourth-order valence-corrected chi connectivity index (χ4v) is 4.36. The van der Waals surface area contributed by atoms with Gasteiger partial charge in [-0.15, -0.1) is 24.8 Å². The highest BCUT2D eigenvalue weighted by Gasteiger charge is 2.45. The first-order chi connectivity index (χ1) is 12.2. The summed E-state index contributed by atoms with van der Waals surface area (Å²) in [4.78, 5) is 15.5. The number of rotatable bonds is 3. The van der Waals surface area contributed by atoms with Crippen molar-refractivity contribution in [2.24, 2.45) is 7.05 Å². The summed E-state index contributed by atoms with van der Waals surface area (Å²) < 4.78 is 3.85. The van der Waals surface area contributed by atoms with E-state index in [1.807, 2.05) is 34.9 Å². The van der Waals surface area contributed by atoms with Gasteiger partial charge in [-0.25, -0.2) is 0 Å². The number of hydrogen-bond donors (Lipinski definition) is 1. The smallest absolute Gasteiger partial charge is 0.250 e. The van der Waals surface area contributed by atoms with Gasteiger partial charge in [0.2, 0.25) is 0 Å². The molecule has 2 aromatic heterocycles. The van der Waals surface area contributed by atoms with Crippen molar-refractivity contribution in [2.45, 2.75) is 37.1 Å². The molecule has 2 aliphatic heterocycles. The van der Waals surface area contributed by atoms with Gasteiger partial charge in [0, 0.05) is 50.3 Å². The van der Waals surface area contributed by atoms with Crippen molar-refractivity contribution >= 4 is 30.7 Å². The molecule has 0 aliphatic carbocycles. The summed E-state index contributed by atoms with van der Waals surface area (Å²) in [7, 11) is 1.99. The molecule has 0 radical (unpaired) electrons. The second-order valence-corrected chi connectivity index (χ2v) is 7.18. The number of hydrogen-bond acceptors (Lipinski definition) is 4. The van der Waals surface area contributed by atoms with Crippen LogP contribution in [0.1, 0.15) is 37.3 Å². The minimum absolute atomic E-state index is 0. The molecular weight excluding hydrogens is 387 g/mol. The minimum atomic E-state index is -0.520. The van der Waals surface area contributed by atoms with Gasteiger partial charge in [-0.05, 0) is 50.9 Å². The first-order valence-electron chi connectivity index (χ1n) is 9.19. The number of nitrogens with one attached hydrogen (secondary N) is 1. The van der Waals surface area contributed by atoms with Crippen LogP contribution in [0.5, 0.6) is 0 Å². The third-order valence-corrected chi connectivity index (χ3v) is 5.83. The molecule has 2 fully saturated rings. The first kappa shape index (κ1) is 21.7. The molecule has 2 saturated heterocycles. The highest BCUT2D eigenvalue weighted by atomic mass is 35.5. The molecule has 4 rings (SSSR count). The number of aryl methyl sites for hydroxylation is 1. The highest BCUT2D eigenvalue weighted by Crippen LogP contribution is 2.33. The molecule has 0 bridgehead atoms. The number of piperidine rings is 2. The molecule has 2 aromatic rings. The maximum atomic E-state index is 13.5. The van der Waals surface area contributed by atoms with E-state index >= 15 is 0 Å². The van der Waals surface area contributed by atoms with Gasteiger partial charge in [0.1, 0.15) is 5.54 Å². The van der Waals surface area contributed by atoms with E-state index in [0.29, 0.717) is 5.92 Å². The summed E-state index contributed by atoms with van der Waals surface area (Å²) in [6.07, 6.45) is 9.16. The Morgan fingerprint density at radius 3 is 2.41 bits per heavy atom. The van der Waals surface area contributed by atoms with Gasteiger partial charge in [0.05, 0.1) is 0 Å².